The third-order valence-electron chi connectivity index (χ3n) is 1.52. The zero-order valence-corrected chi connectivity index (χ0v) is 7.26. The Morgan fingerprint density at radius 2 is 2.14 bits per heavy atom. The topological polar surface area (TPSA) is 134 Å². The first kappa shape index (κ1) is 8.29. The van der Waals surface area contributed by atoms with E-state index in [-0.39, 0.29) is 11.8 Å². The molecule has 2 rings (SSSR count). The minimum Gasteiger partial charge on any atom is -0.380 e. The Morgan fingerprint density at radius 3 is 2.71 bits per heavy atom. The van der Waals surface area contributed by atoms with Crippen LogP contribution in [0.25, 0.3) is 0 Å². The van der Waals surface area contributed by atoms with Crippen LogP contribution >= 0.6 is 0 Å². The van der Waals surface area contributed by atoms with E-state index in [9.17, 15) is 0 Å². The van der Waals surface area contributed by atoms with Gasteiger partial charge in [0.2, 0.25) is 0 Å². The summed E-state index contributed by atoms with van der Waals surface area (Å²) in [6.07, 6.45) is 0. The van der Waals surface area contributed by atoms with E-state index in [2.05, 4.69) is 41.0 Å². The number of rotatable bonds is 2. The molecular weight excluding hydrogens is 186 g/mol. The molecule has 0 saturated heterocycles. The fourth-order valence-corrected chi connectivity index (χ4v) is 0.862. The highest BCUT2D eigenvalue weighted by atomic mass is 15.5. The third-order valence-corrected chi connectivity index (χ3v) is 1.52. The number of aromatic nitrogens is 6. The Hall–Kier alpha value is -2.32. The second-order valence-electron chi connectivity index (χ2n) is 2.49. The zero-order chi connectivity index (χ0) is 9.97. The molecule has 0 fully saturated rings. The number of nitrogen functional groups attached to an aromatic ring is 1. The molecule has 0 saturated carbocycles. The molecule has 0 aliphatic carbocycles. The van der Waals surface area contributed by atoms with Gasteiger partial charge < -0.3 is 5.73 Å². The molecule has 0 radical (unpaired) electrons. The molecule has 0 bridgehead atoms. The first-order valence-electron chi connectivity index (χ1n) is 3.73. The lowest BCUT2D eigenvalue weighted by Crippen LogP contribution is -1.83. The van der Waals surface area contributed by atoms with Gasteiger partial charge in [-0.3, -0.25) is 5.10 Å². The van der Waals surface area contributed by atoms with Gasteiger partial charge >= 0.3 is 5.95 Å². The molecule has 14 heavy (non-hydrogen) atoms. The molecule has 2 aromatic rings. The molecular formula is C5H7N9. The molecule has 2 heterocycles. The Kier molecular flexibility index (Phi) is 1.89. The number of hydrogen-bond acceptors (Lipinski definition) is 7. The van der Waals surface area contributed by atoms with Crippen LogP contribution in [-0.4, -0.2) is 30.8 Å². The quantitative estimate of drug-likeness (QED) is 0.586. The summed E-state index contributed by atoms with van der Waals surface area (Å²) in [6, 6.07) is 0. The summed E-state index contributed by atoms with van der Waals surface area (Å²) >= 11 is 0. The largest absolute Gasteiger partial charge is 0.380 e. The van der Waals surface area contributed by atoms with Crippen LogP contribution in [0.1, 0.15) is 5.69 Å². The highest BCUT2D eigenvalue weighted by Crippen LogP contribution is 2.24. The lowest BCUT2D eigenvalue weighted by atomic mass is 10.4. The number of nitrogens with two attached hydrogens (primary N) is 1. The number of aryl methyl sites for hydroxylation is 1. The van der Waals surface area contributed by atoms with Crippen LogP contribution in [0.15, 0.2) is 10.2 Å². The lowest BCUT2D eigenvalue weighted by Gasteiger charge is -1.87. The van der Waals surface area contributed by atoms with Gasteiger partial charge in [-0.25, -0.2) is 0 Å². The van der Waals surface area contributed by atoms with Gasteiger partial charge in [0, 0.05) is 0 Å². The van der Waals surface area contributed by atoms with Crippen molar-refractivity contribution < 1.29 is 0 Å². The molecule has 9 nitrogen and oxygen atoms in total. The van der Waals surface area contributed by atoms with Crippen molar-refractivity contribution in [3.05, 3.63) is 5.69 Å². The molecule has 0 atom stereocenters. The first-order valence-corrected chi connectivity index (χ1v) is 3.73. The van der Waals surface area contributed by atoms with Crippen LogP contribution in [0.3, 0.4) is 0 Å². The molecule has 0 spiro atoms. The summed E-state index contributed by atoms with van der Waals surface area (Å²) in [6.45, 7) is 1.79. The fourth-order valence-electron chi connectivity index (χ4n) is 0.862. The van der Waals surface area contributed by atoms with Gasteiger partial charge in [0.1, 0.15) is 0 Å². The average Bonchev–Trinajstić information content (AvgIpc) is 2.76. The van der Waals surface area contributed by atoms with Gasteiger partial charge in [-0.1, -0.05) is 5.10 Å². The Morgan fingerprint density at radius 1 is 1.29 bits per heavy atom. The van der Waals surface area contributed by atoms with Gasteiger partial charge in [-0.15, -0.1) is 15.3 Å². The standard InChI is InChI=1S/C5H7N9/c1-2-3(4(6)9-7-2)8-10-5-11-13-14-12-5/h1H3,(H3,6,7,9)(H,11,12,13,14). The predicted octanol–water partition coefficient (Wildman–Crippen LogP) is 0.229. The van der Waals surface area contributed by atoms with Crippen LogP contribution < -0.4 is 5.73 Å². The lowest BCUT2D eigenvalue weighted by molar-refractivity contribution is 0.881. The maximum Gasteiger partial charge on any atom is 0.307 e. The SMILES string of the molecule is Cc1[nH]nc(N)c1N=Nc1nn[nH]n1. The van der Waals surface area contributed by atoms with E-state index in [1.807, 2.05) is 0 Å². The number of anilines is 1. The van der Waals surface area contributed by atoms with Crippen molar-refractivity contribution in [2.24, 2.45) is 10.2 Å². The van der Waals surface area contributed by atoms with Crippen molar-refractivity contribution in [3.63, 3.8) is 0 Å². The minimum atomic E-state index is 0.144. The van der Waals surface area contributed by atoms with Gasteiger partial charge in [0.05, 0.1) is 5.69 Å². The highest BCUT2D eigenvalue weighted by Gasteiger charge is 2.05. The van der Waals surface area contributed by atoms with Crippen molar-refractivity contribution in [1.29, 1.82) is 0 Å². The van der Waals surface area contributed by atoms with Crippen molar-refractivity contribution in [1.82, 2.24) is 30.8 Å². The zero-order valence-electron chi connectivity index (χ0n) is 7.26. The van der Waals surface area contributed by atoms with Crippen molar-refractivity contribution >= 4 is 17.5 Å². The molecule has 0 aliphatic heterocycles. The molecule has 0 unspecified atom stereocenters. The van der Waals surface area contributed by atoms with E-state index in [1.54, 1.807) is 6.92 Å². The van der Waals surface area contributed by atoms with E-state index < -0.39 is 0 Å². The second kappa shape index (κ2) is 3.20. The van der Waals surface area contributed by atoms with Crippen molar-refractivity contribution in [2.45, 2.75) is 6.92 Å². The molecule has 72 valence electrons. The Bertz CT molecular complexity index is 418. The number of hydrogen-bond donors (Lipinski definition) is 3. The van der Waals surface area contributed by atoms with Gasteiger partial charge in [-0.2, -0.15) is 10.3 Å². The minimum absolute atomic E-state index is 0.144. The Labute approximate surface area is 77.8 Å². The molecule has 0 amide bonds. The van der Waals surface area contributed by atoms with Gasteiger partial charge in [0.15, 0.2) is 11.5 Å². The number of azo groups is 1. The maximum absolute atomic E-state index is 5.52. The Balaban J connectivity index is 2.26. The number of nitrogens with one attached hydrogen (secondary N) is 2. The summed E-state index contributed by atoms with van der Waals surface area (Å²) < 4.78 is 0. The first-order chi connectivity index (χ1) is 6.77. The van der Waals surface area contributed by atoms with E-state index in [0.29, 0.717) is 5.69 Å². The van der Waals surface area contributed by atoms with E-state index in [4.69, 9.17) is 5.73 Å². The van der Waals surface area contributed by atoms with Crippen LogP contribution in [0, 0.1) is 6.92 Å². The van der Waals surface area contributed by atoms with Crippen LogP contribution in [0.5, 0.6) is 0 Å². The summed E-state index contributed by atoms with van der Waals surface area (Å²) in [4.78, 5) is 0. The van der Waals surface area contributed by atoms with Crippen molar-refractivity contribution in [2.75, 3.05) is 5.73 Å². The highest BCUT2D eigenvalue weighted by molar-refractivity contribution is 5.59. The molecule has 0 aliphatic rings. The fraction of sp³-hybridized carbons (Fsp3) is 0.200. The van der Waals surface area contributed by atoms with Crippen molar-refractivity contribution in [3.8, 4) is 0 Å². The monoisotopic (exact) mass is 193 g/mol. The van der Waals surface area contributed by atoms with Gasteiger partial charge in [0.25, 0.3) is 0 Å². The van der Waals surface area contributed by atoms with Gasteiger partial charge in [-0.05, 0) is 12.1 Å². The number of nitrogens with zero attached hydrogens (tertiary/aromatic N) is 6. The molecule has 0 aromatic carbocycles. The van der Waals surface area contributed by atoms with E-state index >= 15 is 0 Å². The number of tetrazole rings is 1. The number of H-pyrrole nitrogens is 2. The number of aromatic amines is 2. The molecule has 4 N–H and O–H groups in total. The van der Waals surface area contributed by atoms with E-state index in [0.717, 1.165) is 5.69 Å². The summed E-state index contributed by atoms with van der Waals surface area (Å²) in [5.74, 6) is 0.430. The van der Waals surface area contributed by atoms with Crippen LogP contribution in [-0.2, 0) is 0 Å². The summed E-state index contributed by atoms with van der Waals surface area (Å²) in [5, 5.41) is 26.7. The smallest absolute Gasteiger partial charge is 0.307 e. The maximum atomic E-state index is 5.52. The van der Waals surface area contributed by atoms with Crippen LogP contribution in [0.4, 0.5) is 17.5 Å². The van der Waals surface area contributed by atoms with E-state index in [1.165, 1.54) is 0 Å². The summed E-state index contributed by atoms with van der Waals surface area (Å²) in [5.41, 5.74) is 6.73. The third kappa shape index (κ3) is 1.42. The molecule has 9 heteroatoms. The second-order valence-corrected chi connectivity index (χ2v) is 2.49. The molecule has 2 aromatic heterocycles. The average molecular weight is 193 g/mol. The van der Waals surface area contributed by atoms with Crippen LogP contribution in [0.2, 0.25) is 0 Å². The predicted molar refractivity (Wildman–Crippen MR) is 46.1 cm³/mol. The normalized spacial score (nSPS) is 11.2. The summed E-state index contributed by atoms with van der Waals surface area (Å²) in [7, 11) is 0.